The van der Waals surface area contributed by atoms with Gasteiger partial charge in [0.15, 0.2) is 6.34 Å². The molecule has 2 aliphatic heterocycles. The fourth-order valence-corrected chi connectivity index (χ4v) is 2.95. The van der Waals surface area contributed by atoms with E-state index < -0.39 is 0 Å². The third-order valence-corrected chi connectivity index (χ3v) is 4.37. The fraction of sp³-hybridized carbons (Fsp3) is 0.350. The van der Waals surface area contributed by atoms with Crippen LogP contribution in [0.15, 0.2) is 45.8 Å². The summed E-state index contributed by atoms with van der Waals surface area (Å²) in [5.41, 5.74) is 1.53. The van der Waals surface area contributed by atoms with Crippen LogP contribution in [0.2, 0.25) is 0 Å². The number of nitrogens with zero attached hydrogens (tertiary/aromatic N) is 5. The van der Waals surface area contributed by atoms with Gasteiger partial charge >= 0.3 is 11.6 Å². The van der Waals surface area contributed by atoms with Gasteiger partial charge < -0.3 is 10.1 Å². The maximum atomic E-state index is 12.6. The van der Waals surface area contributed by atoms with Gasteiger partial charge in [0.1, 0.15) is 18.0 Å². The lowest BCUT2D eigenvalue weighted by molar-refractivity contribution is -0.130. The minimum absolute atomic E-state index is 0.112. The van der Waals surface area contributed by atoms with Crippen molar-refractivity contribution in [1.82, 2.24) is 15.2 Å². The number of amides is 2. The van der Waals surface area contributed by atoms with Crippen LogP contribution in [0, 0.1) is 11.3 Å². The number of hydrazone groups is 1. The number of ether oxygens (including phenoxy) is 1. The van der Waals surface area contributed by atoms with Gasteiger partial charge in [-0.15, -0.1) is 0 Å². The number of carbonyl (C=O) groups is 2. The van der Waals surface area contributed by atoms with Crippen molar-refractivity contribution in [2.24, 2.45) is 10.1 Å². The second-order valence-electron chi connectivity index (χ2n) is 6.48. The van der Waals surface area contributed by atoms with E-state index in [1.54, 1.807) is 31.2 Å². The highest BCUT2D eigenvalue weighted by Gasteiger charge is 2.46. The SMILES string of the molecule is CCC1=NC(C)=C2C(=O)N(CC(=O)NCCCOc3cccc(C#N)c3)C=N[N+]12. The summed E-state index contributed by atoms with van der Waals surface area (Å²) in [6.07, 6.45) is 2.62. The lowest BCUT2D eigenvalue weighted by Gasteiger charge is -2.19. The zero-order valence-corrected chi connectivity index (χ0v) is 16.4. The second kappa shape index (κ2) is 9.12. The molecule has 2 amide bonds. The highest BCUT2D eigenvalue weighted by Crippen LogP contribution is 2.23. The van der Waals surface area contributed by atoms with Crippen LogP contribution in [-0.2, 0) is 9.59 Å². The number of hydrogen-bond acceptors (Lipinski definition) is 7. The molecule has 9 heteroatoms. The summed E-state index contributed by atoms with van der Waals surface area (Å²) in [6.45, 7) is 4.40. The third-order valence-electron chi connectivity index (χ3n) is 4.37. The van der Waals surface area contributed by atoms with E-state index in [2.05, 4.69) is 21.5 Å². The summed E-state index contributed by atoms with van der Waals surface area (Å²) < 4.78 is 5.56. The number of rotatable bonds is 8. The van der Waals surface area contributed by atoms with Crippen LogP contribution >= 0.6 is 0 Å². The molecule has 0 saturated carbocycles. The van der Waals surface area contributed by atoms with E-state index in [-0.39, 0.29) is 18.4 Å². The Morgan fingerprint density at radius 2 is 2.24 bits per heavy atom. The van der Waals surface area contributed by atoms with E-state index >= 15 is 0 Å². The van der Waals surface area contributed by atoms with Crippen molar-refractivity contribution in [3.05, 3.63) is 41.2 Å². The average Bonchev–Trinajstić information content (AvgIpc) is 3.06. The van der Waals surface area contributed by atoms with E-state index in [0.717, 1.165) is 0 Å². The van der Waals surface area contributed by atoms with E-state index in [4.69, 9.17) is 10.00 Å². The molecule has 3 rings (SSSR count). The molecule has 0 saturated heterocycles. The van der Waals surface area contributed by atoms with Crippen LogP contribution in [0.4, 0.5) is 0 Å². The molecule has 1 aromatic carbocycles. The van der Waals surface area contributed by atoms with Crippen molar-refractivity contribution in [2.75, 3.05) is 19.7 Å². The topological polar surface area (TPSA) is 113 Å². The summed E-state index contributed by atoms with van der Waals surface area (Å²) in [6, 6.07) is 8.95. The van der Waals surface area contributed by atoms with Crippen LogP contribution in [0.1, 0.15) is 32.3 Å². The fourth-order valence-electron chi connectivity index (χ4n) is 2.95. The molecule has 0 spiro atoms. The summed E-state index contributed by atoms with van der Waals surface area (Å²) in [7, 11) is 0. The van der Waals surface area contributed by atoms with Crippen molar-refractivity contribution in [1.29, 1.82) is 5.26 Å². The molecule has 2 heterocycles. The number of allylic oxidation sites excluding steroid dienone is 1. The molecule has 0 unspecified atom stereocenters. The van der Waals surface area contributed by atoms with Crippen LogP contribution in [-0.4, -0.2) is 48.6 Å². The van der Waals surface area contributed by atoms with Crippen LogP contribution in [0.3, 0.4) is 0 Å². The number of benzene rings is 1. The Morgan fingerprint density at radius 3 is 3.00 bits per heavy atom. The van der Waals surface area contributed by atoms with Crippen molar-refractivity contribution >= 4 is 24.0 Å². The molecule has 1 N–H and O–H groups in total. The first-order valence-electron chi connectivity index (χ1n) is 9.36. The molecule has 1 radical (unpaired) electrons. The Hall–Kier alpha value is -3.51. The molecular weight excluding hydrogens is 372 g/mol. The van der Waals surface area contributed by atoms with Gasteiger partial charge in [0.25, 0.3) is 5.84 Å². The second-order valence-corrected chi connectivity index (χ2v) is 6.48. The Balaban J connectivity index is 1.42. The quantitative estimate of drug-likeness (QED) is 0.531. The normalized spacial score (nSPS) is 15.8. The van der Waals surface area contributed by atoms with Gasteiger partial charge in [-0.05, 0) is 36.6 Å². The largest absolute Gasteiger partial charge is 0.493 e. The first-order valence-corrected chi connectivity index (χ1v) is 9.36. The summed E-state index contributed by atoms with van der Waals surface area (Å²) in [5.74, 6) is 0.758. The lowest BCUT2D eigenvalue weighted by atomic mass is 10.2. The smallest absolute Gasteiger partial charge is 0.324 e. The standard InChI is InChI=1S/C20H22N6O3/c1-3-17-24-14(2)19-20(28)25(13-23-26(17)19)12-18(27)22-8-5-9-29-16-7-4-6-15(10-16)11-21/h4,6-7,10,13H,3,5,8-9,12H2,1-2H3,(H,22,27)/q+1. The molecule has 2 aliphatic rings. The van der Waals surface area contributed by atoms with Crippen molar-refractivity contribution in [2.45, 2.75) is 26.7 Å². The first kappa shape index (κ1) is 20.2. The van der Waals surface area contributed by atoms with Gasteiger partial charge in [-0.25, -0.2) is 0 Å². The monoisotopic (exact) mass is 394 g/mol. The molecule has 0 aromatic heterocycles. The Bertz CT molecular complexity index is 944. The highest BCUT2D eigenvalue weighted by molar-refractivity contribution is 6.10. The Labute approximate surface area is 168 Å². The van der Waals surface area contributed by atoms with Crippen molar-refractivity contribution < 1.29 is 14.3 Å². The molecule has 0 fully saturated rings. The third kappa shape index (κ3) is 4.67. The minimum atomic E-state index is -0.291. The maximum Gasteiger partial charge on any atom is 0.324 e. The number of nitriles is 1. The Kier molecular flexibility index (Phi) is 6.36. The zero-order valence-electron chi connectivity index (χ0n) is 16.4. The predicted octanol–water partition coefficient (Wildman–Crippen LogP) is 1.42. The van der Waals surface area contributed by atoms with E-state index in [9.17, 15) is 9.59 Å². The molecule has 29 heavy (non-hydrogen) atoms. The van der Waals surface area contributed by atoms with Crippen molar-refractivity contribution in [3.8, 4) is 11.8 Å². The van der Waals surface area contributed by atoms with Gasteiger partial charge in [0.2, 0.25) is 5.91 Å². The molecular formula is C20H22N6O3+. The number of amidine groups is 1. The van der Waals surface area contributed by atoms with E-state index in [0.29, 0.717) is 54.5 Å². The van der Waals surface area contributed by atoms with Crippen LogP contribution < -0.4 is 15.1 Å². The number of fused-ring (bicyclic) bond motifs is 1. The number of hydrogen-bond donors (Lipinski definition) is 1. The number of nitrogens with one attached hydrogen (secondary N) is 1. The summed E-state index contributed by atoms with van der Waals surface area (Å²) in [5, 5.41) is 17.4. The van der Waals surface area contributed by atoms with Gasteiger partial charge in [0.05, 0.1) is 23.2 Å². The van der Waals surface area contributed by atoms with Gasteiger partial charge in [-0.2, -0.15) is 10.3 Å². The number of carbonyl (C=O) groups excluding carboxylic acids is 2. The summed E-state index contributed by atoms with van der Waals surface area (Å²) >= 11 is 0. The molecule has 0 atom stereocenters. The average molecular weight is 394 g/mol. The predicted molar refractivity (Wildman–Crippen MR) is 107 cm³/mol. The lowest BCUT2D eigenvalue weighted by Crippen LogP contribution is -2.48. The van der Waals surface area contributed by atoms with Gasteiger partial charge in [-0.1, -0.05) is 13.0 Å². The zero-order chi connectivity index (χ0) is 20.8. The molecule has 149 valence electrons. The van der Waals surface area contributed by atoms with Crippen LogP contribution in [0.25, 0.3) is 0 Å². The molecule has 1 aromatic rings. The van der Waals surface area contributed by atoms with Crippen LogP contribution in [0.5, 0.6) is 5.75 Å². The highest BCUT2D eigenvalue weighted by atomic mass is 16.5. The van der Waals surface area contributed by atoms with Gasteiger partial charge in [0, 0.05) is 13.0 Å². The Morgan fingerprint density at radius 1 is 1.41 bits per heavy atom. The minimum Gasteiger partial charge on any atom is -0.493 e. The molecule has 0 bridgehead atoms. The molecule has 0 aliphatic carbocycles. The number of aliphatic imine (C=N–C) groups is 1. The van der Waals surface area contributed by atoms with E-state index in [1.165, 1.54) is 16.2 Å². The van der Waals surface area contributed by atoms with E-state index in [1.807, 2.05) is 6.92 Å². The summed E-state index contributed by atoms with van der Waals surface area (Å²) in [4.78, 5) is 30.4. The molecule has 9 nitrogen and oxygen atoms in total. The van der Waals surface area contributed by atoms with Crippen molar-refractivity contribution in [3.63, 3.8) is 0 Å². The maximum absolute atomic E-state index is 12.6. The first-order chi connectivity index (χ1) is 14.0. The van der Waals surface area contributed by atoms with Gasteiger partial charge in [-0.3, -0.25) is 14.5 Å².